The maximum atomic E-state index is 12.8. The first-order chi connectivity index (χ1) is 16.9. The summed E-state index contributed by atoms with van der Waals surface area (Å²) in [5.41, 5.74) is 5.06. The molecule has 35 heavy (non-hydrogen) atoms. The molecule has 2 amide bonds. The highest BCUT2D eigenvalue weighted by Gasteiger charge is 2.31. The zero-order chi connectivity index (χ0) is 24.9. The van der Waals surface area contributed by atoms with Crippen LogP contribution in [0.3, 0.4) is 0 Å². The van der Waals surface area contributed by atoms with Gasteiger partial charge in [-0.15, -0.1) is 11.3 Å². The number of nitrogens with one attached hydrogen (secondary N) is 1. The van der Waals surface area contributed by atoms with Gasteiger partial charge < -0.3 is 15.0 Å². The van der Waals surface area contributed by atoms with Crippen molar-refractivity contribution >= 4 is 23.2 Å². The van der Waals surface area contributed by atoms with Crippen LogP contribution in [-0.2, 0) is 17.8 Å². The van der Waals surface area contributed by atoms with Gasteiger partial charge in [0, 0.05) is 24.9 Å². The SMILES string of the molecule is CCC(=O)N1CCc2ccc(OCc3nc(C(=O)NCC(C)C)cs3)cc2C1c1ccc(C)cc1. The van der Waals surface area contributed by atoms with E-state index in [-0.39, 0.29) is 24.5 Å². The fourth-order valence-corrected chi connectivity index (χ4v) is 4.96. The van der Waals surface area contributed by atoms with Crippen LogP contribution in [0.5, 0.6) is 5.75 Å². The molecule has 0 bridgehead atoms. The molecule has 2 aromatic carbocycles. The van der Waals surface area contributed by atoms with Crippen molar-refractivity contribution in [1.29, 1.82) is 0 Å². The fourth-order valence-electron chi connectivity index (χ4n) is 4.28. The van der Waals surface area contributed by atoms with Gasteiger partial charge in [0.1, 0.15) is 23.1 Å². The van der Waals surface area contributed by atoms with E-state index in [1.165, 1.54) is 22.5 Å². The Morgan fingerprint density at radius 1 is 1.20 bits per heavy atom. The van der Waals surface area contributed by atoms with E-state index in [0.717, 1.165) is 28.3 Å². The fraction of sp³-hybridized carbons (Fsp3) is 0.393. The van der Waals surface area contributed by atoms with E-state index in [1.54, 1.807) is 5.38 Å². The van der Waals surface area contributed by atoms with Gasteiger partial charge in [0.2, 0.25) is 5.91 Å². The normalized spacial score (nSPS) is 15.1. The molecule has 3 aromatic rings. The Labute approximate surface area is 211 Å². The molecule has 0 saturated heterocycles. The van der Waals surface area contributed by atoms with Crippen LogP contribution in [0.2, 0.25) is 0 Å². The molecule has 0 radical (unpaired) electrons. The summed E-state index contributed by atoms with van der Waals surface area (Å²) in [7, 11) is 0. The zero-order valence-corrected chi connectivity index (χ0v) is 21.7. The van der Waals surface area contributed by atoms with Gasteiger partial charge >= 0.3 is 0 Å². The number of hydrogen-bond acceptors (Lipinski definition) is 5. The quantitative estimate of drug-likeness (QED) is 0.464. The molecule has 0 spiro atoms. The van der Waals surface area contributed by atoms with Gasteiger partial charge in [0.15, 0.2) is 0 Å². The van der Waals surface area contributed by atoms with Crippen molar-refractivity contribution in [3.63, 3.8) is 0 Å². The Balaban J connectivity index is 1.53. The van der Waals surface area contributed by atoms with Crippen molar-refractivity contribution in [2.75, 3.05) is 13.1 Å². The van der Waals surface area contributed by atoms with Crippen molar-refractivity contribution < 1.29 is 14.3 Å². The Kier molecular flexibility index (Phi) is 7.86. The number of nitrogens with zero attached hydrogens (tertiary/aromatic N) is 2. The van der Waals surface area contributed by atoms with Gasteiger partial charge in [0.25, 0.3) is 5.91 Å². The minimum absolute atomic E-state index is 0.133. The summed E-state index contributed by atoms with van der Waals surface area (Å²) in [5, 5.41) is 5.41. The second kappa shape index (κ2) is 11.0. The highest BCUT2D eigenvalue weighted by molar-refractivity contribution is 7.09. The van der Waals surface area contributed by atoms with Crippen LogP contribution in [-0.4, -0.2) is 34.8 Å². The molecule has 0 aliphatic carbocycles. The Hall–Kier alpha value is -3.19. The number of amides is 2. The molecule has 1 aliphatic heterocycles. The summed E-state index contributed by atoms with van der Waals surface area (Å²) < 4.78 is 6.09. The molecular formula is C28H33N3O3S. The van der Waals surface area contributed by atoms with Crippen LogP contribution < -0.4 is 10.1 Å². The number of thiazole rings is 1. The summed E-state index contributed by atoms with van der Waals surface area (Å²) in [6.45, 7) is 9.70. The monoisotopic (exact) mass is 491 g/mol. The van der Waals surface area contributed by atoms with E-state index in [1.807, 2.05) is 17.9 Å². The van der Waals surface area contributed by atoms with Crippen LogP contribution in [0, 0.1) is 12.8 Å². The molecule has 7 heteroatoms. The third kappa shape index (κ3) is 5.90. The first-order valence-electron chi connectivity index (χ1n) is 12.2. The second-order valence-corrected chi connectivity index (χ2v) is 10.3. The minimum Gasteiger partial charge on any atom is -0.486 e. The average Bonchev–Trinajstić information content (AvgIpc) is 3.34. The largest absolute Gasteiger partial charge is 0.486 e. The third-order valence-electron chi connectivity index (χ3n) is 6.18. The first kappa shape index (κ1) is 24.9. The van der Waals surface area contributed by atoms with Crippen LogP contribution in [0.25, 0.3) is 0 Å². The van der Waals surface area contributed by atoms with E-state index in [0.29, 0.717) is 31.1 Å². The maximum absolute atomic E-state index is 12.8. The van der Waals surface area contributed by atoms with Crippen LogP contribution in [0.4, 0.5) is 0 Å². The molecule has 1 atom stereocenters. The summed E-state index contributed by atoms with van der Waals surface area (Å²) in [6, 6.07) is 14.4. The summed E-state index contributed by atoms with van der Waals surface area (Å²) in [4.78, 5) is 31.5. The van der Waals surface area contributed by atoms with Crippen molar-refractivity contribution in [3.8, 4) is 5.75 Å². The molecule has 0 saturated carbocycles. The third-order valence-corrected chi connectivity index (χ3v) is 7.00. The number of benzene rings is 2. The number of aromatic nitrogens is 1. The van der Waals surface area contributed by atoms with E-state index in [2.05, 4.69) is 67.5 Å². The second-order valence-electron chi connectivity index (χ2n) is 9.38. The van der Waals surface area contributed by atoms with Crippen LogP contribution in [0.15, 0.2) is 47.8 Å². The molecule has 0 fully saturated rings. The van der Waals surface area contributed by atoms with Gasteiger partial charge in [-0.1, -0.05) is 56.7 Å². The first-order valence-corrected chi connectivity index (χ1v) is 13.1. The number of rotatable bonds is 8. The predicted octanol–water partition coefficient (Wildman–Crippen LogP) is 5.30. The Morgan fingerprint density at radius 2 is 1.97 bits per heavy atom. The van der Waals surface area contributed by atoms with Gasteiger partial charge in [-0.3, -0.25) is 9.59 Å². The van der Waals surface area contributed by atoms with Crippen LogP contribution >= 0.6 is 11.3 Å². The maximum Gasteiger partial charge on any atom is 0.270 e. The van der Waals surface area contributed by atoms with Crippen molar-refractivity contribution in [1.82, 2.24) is 15.2 Å². The Bertz CT molecular complexity index is 1190. The van der Waals surface area contributed by atoms with Crippen LogP contribution in [0.1, 0.15) is 71.0 Å². The van der Waals surface area contributed by atoms with E-state index in [4.69, 9.17) is 4.74 Å². The van der Waals surface area contributed by atoms with Crippen molar-refractivity contribution in [2.24, 2.45) is 5.92 Å². The molecule has 1 N–H and O–H groups in total. The number of carbonyl (C=O) groups is 2. The molecule has 6 nitrogen and oxygen atoms in total. The van der Waals surface area contributed by atoms with Gasteiger partial charge in [-0.25, -0.2) is 4.98 Å². The molecule has 1 aromatic heterocycles. The molecule has 1 aliphatic rings. The number of hydrogen-bond donors (Lipinski definition) is 1. The minimum atomic E-state index is -0.156. The molecule has 184 valence electrons. The van der Waals surface area contributed by atoms with Crippen molar-refractivity contribution in [3.05, 3.63) is 80.8 Å². The Morgan fingerprint density at radius 3 is 2.69 bits per heavy atom. The lowest BCUT2D eigenvalue weighted by molar-refractivity contribution is -0.132. The average molecular weight is 492 g/mol. The van der Waals surface area contributed by atoms with E-state index in [9.17, 15) is 9.59 Å². The smallest absolute Gasteiger partial charge is 0.270 e. The molecule has 1 unspecified atom stereocenters. The summed E-state index contributed by atoms with van der Waals surface area (Å²) >= 11 is 1.42. The number of ether oxygens (including phenoxy) is 1. The van der Waals surface area contributed by atoms with E-state index >= 15 is 0 Å². The standard InChI is InChI=1S/C28H33N3O3S/c1-5-26(32)31-13-12-20-10-11-22(14-23(20)27(31)21-8-6-19(4)7-9-21)34-16-25-30-24(17-35-25)28(33)29-15-18(2)3/h6-11,14,17-18,27H,5,12-13,15-16H2,1-4H3,(H,29,33). The highest BCUT2D eigenvalue weighted by atomic mass is 32.1. The molecule has 2 heterocycles. The highest BCUT2D eigenvalue weighted by Crippen LogP contribution is 2.37. The lowest BCUT2D eigenvalue weighted by atomic mass is 9.87. The number of aryl methyl sites for hydroxylation is 1. The number of fused-ring (bicyclic) bond motifs is 1. The van der Waals surface area contributed by atoms with Crippen molar-refractivity contribution in [2.45, 2.75) is 53.2 Å². The van der Waals surface area contributed by atoms with Gasteiger partial charge in [0.05, 0.1) is 6.04 Å². The zero-order valence-electron chi connectivity index (χ0n) is 20.8. The number of carbonyl (C=O) groups excluding carboxylic acids is 2. The topological polar surface area (TPSA) is 71.5 Å². The van der Waals surface area contributed by atoms with Gasteiger partial charge in [-0.2, -0.15) is 0 Å². The predicted molar refractivity (Wildman–Crippen MR) is 139 cm³/mol. The molecule has 4 rings (SSSR count). The molecular weight excluding hydrogens is 458 g/mol. The lowest BCUT2D eigenvalue weighted by Crippen LogP contribution is -2.40. The van der Waals surface area contributed by atoms with E-state index < -0.39 is 0 Å². The summed E-state index contributed by atoms with van der Waals surface area (Å²) in [5.74, 6) is 1.11. The van der Waals surface area contributed by atoms with Gasteiger partial charge in [-0.05, 0) is 48.1 Å². The summed E-state index contributed by atoms with van der Waals surface area (Å²) in [6.07, 6.45) is 1.30. The lowest BCUT2D eigenvalue weighted by Gasteiger charge is -2.38.